The molecule has 30 heavy (non-hydrogen) atoms. The van der Waals surface area contributed by atoms with Gasteiger partial charge in [0.15, 0.2) is 0 Å². The number of likely N-dealkylation sites (N-methyl/N-ethyl adjacent to an activating group) is 1. The van der Waals surface area contributed by atoms with Gasteiger partial charge in [-0.05, 0) is 33.9 Å². The summed E-state index contributed by atoms with van der Waals surface area (Å²) in [6.45, 7) is 0.183. The van der Waals surface area contributed by atoms with Crippen LogP contribution in [-0.2, 0) is 21.4 Å². The second-order valence-corrected chi connectivity index (χ2v) is 9.36. The van der Waals surface area contributed by atoms with E-state index in [1.54, 1.807) is 30.1 Å². The van der Waals surface area contributed by atoms with E-state index in [4.69, 9.17) is 0 Å². The zero-order valence-corrected chi connectivity index (χ0v) is 17.3. The highest BCUT2D eigenvalue weighted by Crippen LogP contribution is 2.41. The van der Waals surface area contributed by atoms with E-state index in [0.29, 0.717) is 17.6 Å². The minimum atomic E-state index is -3.75. The smallest absolute Gasteiger partial charge is 0.265 e. The molecule has 0 spiro atoms. The van der Waals surface area contributed by atoms with Crippen molar-refractivity contribution in [2.75, 3.05) is 17.9 Å². The molecule has 1 aliphatic heterocycles. The third kappa shape index (κ3) is 2.83. The molecule has 0 radical (unpaired) electrons. The Morgan fingerprint density at radius 3 is 2.37 bits per heavy atom. The van der Waals surface area contributed by atoms with Crippen LogP contribution >= 0.6 is 0 Å². The van der Waals surface area contributed by atoms with E-state index in [0.717, 1.165) is 21.7 Å². The largest absolute Gasteiger partial charge is 0.340 e. The second-order valence-electron chi connectivity index (χ2n) is 7.53. The van der Waals surface area contributed by atoms with E-state index in [1.165, 1.54) is 4.31 Å². The Labute approximate surface area is 175 Å². The predicted molar refractivity (Wildman–Crippen MR) is 119 cm³/mol. The average molecular weight is 417 g/mol. The van der Waals surface area contributed by atoms with Crippen LogP contribution in [0.2, 0.25) is 0 Å². The maximum Gasteiger partial charge on any atom is 0.265 e. The molecule has 0 atom stereocenters. The van der Waals surface area contributed by atoms with Gasteiger partial charge in [0.25, 0.3) is 10.0 Å². The highest BCUT2D eigenvalue weighted by Gasteiger charge is 2.37. The number of benzene rings is 4. The molecule has 5 nitrogen and oxygen atoms in total. The molecule has 1 amide bonds. The van der Waals surface area contributed by atoms with Crippen molar-refractivity contribution in [3.63, 3.8) is 0 Å². The SMILES string of the molecule is CN(Cc1cccc2ccccc12)C(=O)CN1c2cccc3cccc(c23)S1(=O)=O. The number of nitrogens with zero attached hydrogens (tertiary/aromatic N) is 2. The van der Waals surface area contributed by atoms with Crippen molar-refractivity contribution in [1.82, 2.24) is 4.90 Å². The van der Waals surface area contributed by atoms with Gasteiger partial charge in [-0.2, -0.15) is 0 Å². The van der Waals surface area contributed by atoms with E-state index in [1.807, 2.05) is 60.7 Å². The van der Waals surface area contributed by atoms with Crippen LogP contribution < -0.4 is 4.31 Å². The van der Waals surface area contributed by atoms with Crippen LogP contribution in [0.5, 0.6) is 0 Å². The lowest BCUT2D eigenvalue weighted by Crippen LogP contribution is -2.39. The number of carbonyl (C=O) groups excluding carboxylic acids is 1. The summed E-state index contributed by atoms with van der Waals surface area (Å²) in [4.78, 5) is 14.9. The van der Waals surface area contributed by atoms with Crippen LogP contribution in [0.15, 0.2) is 83.8 Å². The number of carbonyl (C=O) groups is 1. The van der Waals surface area contributed by atoms with Gasteiger partial charge >= 0.3 is 0 Å². The maximum absolute atomic E-state index is 13.1. The normalized spacial score (nSPS) is 14.4. The molecule has 0 saturated carbocycles. The van der Waals surface area contributed by atoms with Crippen molar-refractivity contribution in [2.24, 2.45) is 0 Å². The Bertz CT molecular complexity index is 1400. The monoisotopic (exact) mass is 416 g/mol. The number of anilines is 1. The van der Waals surface area contributed by atoms with Crippen molar-refractivity contribution in [1.29, 1.82) is 0 Å². The fourth-order valence-electron chi connectivity index (χ4n) is 4.15. The van der Waals surface area contributed by atoms with Crippen molar-refractivity contribution in [3.8, 4) is 0 Å². The summed E-state index contributed by atoms with van der Waals surface area (Å²) in [6, 6.07) is 24.7. The molecule has 0 saturated heterocycles. The van der Waals surface area contributed by atoms with Crippen molar-refractivity contribution >= 4 is 43.2 Å². The number of sulfonamides is 1. The highest BCUT2D eigenvalue weighted by atomic mass is 32.2. The Morgan fingerprint density at radius 1 is 0.867 bits per heavy atom. The van der Waals surface area contributed by atoms with Crippen molar-refractivity contribution in [2.45, 2.75) is 11.4 Å². The molecule has 150 valence electrons. The summed E-state index contributed by atoms with van der Waals surface area (Å²) in [5.74, 6) is -0.253. The predicted octanol–water partition coefficient (Wildman–Crippen LogP) is 4.16. The number of hydrogen-bond acceptors (Lipinski definition) is 3. The zero-order valence-electron chi connectivity index (χ0n) is 16.4. The molecule has 0 bridgehead atoms. The minimum Gasteiger partial charge on any atom is -0.340 e. The first-order chi connectivity index (χ1) is 14.5. The first kappa shape index (κ1) is 18.6. The lowest BCUT2D eigenvalue weighted by atomic mass is 10.0. The standard InChI is InChI=1S/C24H20N2O3S/c1-25(15-19-11-4-8-17-7-2-3-12-20(17)19)23(27)16-26-21-13-5-9-18-10-6-14-22(24(18)21)30(26,28)29/h2-14H,15-16H2,1H3. The molecule has 6 heteroatoms. The van der Waals surface area contributed by atoms with E-state index in [9.17, 15) is 13.2 Å². The van der Waals surface area contributed by atoms with Crippen LogP contribution in [-0.4, -0.2) is 32.8 Å². The third-order valence-corrected chi connectivity index (χ3v) is 7.48. The summed E-state index contributed by atoms with van der Waals surface area (Å²) in [5.41, 5.74) is 1.59. The lowest BCUT2D eigenvalue weighted by molar-refractivity contribution is -0.128. The molecule has 0 fully saturated rings. The molecular weight excluding hydrogens is 396 g/mol. The summed E-state index contributed by atoms with van der Waals surface area (Å²) < 4.78 is 27.5. The number of amides is 1. The Hall–Kier alpha value is -3.38. The van der Waals surface area contributed by atoms with Crippen LogP contribution in [0.3, 0.4) is 0 Å². The minimum absolute atomic E-state index is 0.225. The van der Waals surface area contributed by atoms with E-state index in [2.05, 4.69) is 0 Å². The van der Waals surface area contributed by atoms with E-state index < -0.39 is 10.0 Å². The number of hydrogen-bond donors (Lipinski definition) is 0. The van der Waals surface area contributed by atoms with Gasteiger partial charge in [0.05, 0.1) is 10.6 Å². The van der Waals surface area contributed by atoms with Crippen LogP contribution in [0.4, 0.5) is 5.69 Å². The molecule has 0 N–H and O–H groups in total. The van der Waals surface area contributed by atoms with Crippen molar-refractivity contribution < 1.29 is 13.2 Å². The fourth-order valence-corrected chi connectivity index (χ4v) is 5.81. The fraction of sp³-hybridized carbons (Fsp3) is 0.125. The number of rotatable bonds is 4. The second kappa shape index (κ2) is 6.85. The summed E-state index contributed by atoms with van der Waals surface area (Å²) in [6.07, 6.45) is 0. The molecule has 0 unspecified atom stereocenters. The van der Waals surface area contributed by atoms with Gasteiger partial charge in [-0.25, -0.2) is 8.42 Å². The number of fused-ring (bicyclic) bond motifs is 1. The van der Waals surface area contributed by atoms with Gasteiger partial charge in [-0.3, -0.25) is 9.10 Å². The lowest BCUT2D eigenvalue weighted by Gasteiger charge is -2.23. The van der Waals surface area contributed by atoms with Gasteiger partial charge in [-0.1, -0.05) is 66.7 Å². The van der Waals surface area contributed by atoms with Crippen LogP contribution in [0.25, 0.3) is 21.5 Å². The topological polar surface area (TPSA) is 57.7 Å². The Morgan fingerprint density at radius 2 is 1.53 bits per heavy atom. The van der Waals surface area contributed by atoms with Gasteiger partial charge in [0.1, 0.15) is 6.54 Å². The molecular formula is C24H20N2O3S. The van der Waals surface area contributed by atoms with Gasteiger partial charge in [0.2, 0.25) is 5.91 Å². The van der Waals surface area contributed by atoms with E-state index in [-0.39, 0.29) is 17.3 Å². The van der Waals surface area contributed by atoms with Crippen LogP contribution in [0, 0.1) is 0 Å². The molecule has 5 rings (SSSR count). The summed E-state index contributed by atoms with van der Waals surface area (Å²) in [5, 5.41) is 3.74. The Kier molecular flexibility index (Phi) is 4.25. The molecule has 0 aromatic heterocycles. The van der Waals surface area contributed by atoms with Gasteiger partial charge < -0.3 is 4.90 Å². The highest BCUT2D eigenvalue weighted by molar-refractivity contribution is 7.93. The molecule has 4 aromatic rings. The van der Waals surface area contributed by atoms with Crippen LogP contribution in [0.1, 0.15) is 5.56 Å². The van der Waals surface area contributed by atoms with Crippen molar-refractivity contribution in [3.05, 3.63) is 84.4 Å². The average Bonchev–Trinajstić information content (AvgIpc) is 2.97. The molecule has 1 heterocycles. The molecule has 1 aliphatic rings. The third-order valence-electron chi connectivity index (χ3n) is 5.67. The molecule has 4 aromatic carbocycles. The maximum atomic E-state index is 13.1. The zero-order chi connectivity index (χ0) is 20.9. The first-order valence-corrected chi connectivity index (χ1v) is 11.2. The quantitative estimate of drug-likeness (QED) is 0.502. The van der Waals surface area contributed by atoms with E-state index >= 15 is 0 Å². The van der Waals surface area contributed by atoms with Gasteiger partial charge in [0, 0.05) is 19.0 Å². The summed E-state index contributed by atoms with van der Waals surface area (Å²) >= 11 is 0. The summed E-state index contributed by atoms with van der Waals surface area (Å²) in [7, 11) is -2.04. The molecule has 0 aliphatic carbocycles. The first-order valence-electron chi connectivity index (χ1n) is 9.72. The Balaban J connectivity index is 1.44. The van der Waals surface area contributed by atoms with Gasteiger partial charge in [-0.15, -0.1) is 0 Å².